The van der Waals surface area contributed by atoms with Crippen molar-refractivity contribution >= 4 is 0 Å². The minimum absolute atomic E-state index is 0.204. The van der Waals surface area contributed by atoms with Gasteiger partial charge in [0.05, 0.1) is 0 Å². The first-order chi connectivity index (χ1) is 7.98. The van der Waals surface area contributed by atoms with Crippen LogP contribution in [0.5, 0.6) is 0 Å². The zero-order valence-corrected chi connectivity index (χ0v) is 12.0. The number of hydrogen-bond donors (Lipinski definition) is 3. The van der Waals surface area contributed by atoms with E-state index in [9.17, 15) is 0 Å². The highest BCUT2D eigenvalue weighted by Gasteiger charge is 2.29. The van der Waals surface area contributed by atoms with Gasteiger partial charge in [-0.05, 0) is 52.6 Å². The zero-order chi connectivity index (χ0) is 12.9. The molecule has 1 rings (SSSR count). The minimum Gasteiger partial charge on any atom is -0.315 e. The summed E-state index contributed by atoms with van der Waals surface area (Å²) in [6.45, 7) is 7.73. The number of rotatable bonds is 6. The van der Waals surface area contributed by atoms with Gasteiger partial charge in [0.2, 0.25) is 0 Å². The molecule has 17 heavy (non-hydrogen) atoms. The average Bonchev–Trinajstić information content (AvgIpc) is 2.29. The molecule has 3 unspecified atom stereocenters. The van der Waals surface area contributed by atoms with Crippen LogP contribution in [-0.2, 0) is 0 Å². The van der Waals surface area contributed by atoms with Crippen LogP contribution in [0.4, 0.5) is 0 Å². The molecule has 0 saturated heterocycles. The van der Waals surface area contributed by atoms with Gasteiger partial charge in [-0.25, -0.2) is 0 Å². The molecule has 1 aliphatic rings. The molecule has 0 spiro atoms. The maximum atomic E-state index is 3.61. The molecule has 0 saturated carbocycles. The maximum absolute atomic E-state index is 3.61. The standard InChI is InChI=1S/C14H29N3/c1-11-6-7-12(9-14(2,3)16-5)13(8-11)17-10-15-4/h6-7,11-13,15-17H,8-10H2,1-5H3. The lowest BCUT2D eigenvalue weighted by Crippen LogP contribution is -2.47. The molecule has 0 fully saturated rings. The van der Waals surface area contributed by atoms with Crippen molar-refractivity contribution in [3.8, 4) is 0 Å². The highest BCUT2D eigenvalue weighted by atomic mass is 15.1. The molecule has 0 radical (unpaired) electrons. The van der Waals surface area contributed by atoms with Crippen LogP contribution in [0, 0.1) is 11.8 Å². The molecule has 0 bridgehead atoms. The summed E-state index contributed by atoms with van der Waals surface area (Å²) in [5.41, 5.74) is 0.204. The zero-order valence-electron chi connectivity index (χ0n) is 12.0. The summed E-state index contributed by atoms with van der Waals surface area (Å²) in [4.78, 5) is 0. The molecule has 3 heteroatoms. The smallest absolute Gasteiger partial charge is 0.0454 e. The summed E-state index contributed by atoms with van der Waals surface area (Å²) < 4.78 is 0. The number of hydrogen-bond acceptors (Lipinski definition) is 3. The molecular formula is C14H29N3. The van der Waals surface area contributed by atoms with Gasteiger partial charge in [-0.15, -0.1) is 0 Å². The van der Waals surface area contributed by atoms with Crippen molar-refractivity contribution in [3.05, 3.63) is 12.2 Å². The van der Waals surface area contributed by atoms with Gasteiger partial charge in [-0.1, -0.05) is 19.1 Å². The fourth-order valence-corrected chi connectivity index (χ4v) is 2.49. The van der Waals surface area contributed by atoms with E-state index in [2.05, 4.69) is 48.9 Å². The van der Waals surface area contributed by atoms with Crippen LogP contribution in [0.2, 0.25) is 0 Å². The summed E-state index contributed by atoms with van der Waals surface area (Å²) >= 11 is 0. The molecule has 0 aromatic carbocycles. The van der Waals surface area contributed by atoms with Gasteiger partial charge in [0.25, 0.3) is 0 Å². The molecule has 100 valence electrons. The maximum Gasteiger partial charge on any atom is 0.0454 e. The van der Waals surface area contributed by atoms with Crippen LogP contribution in [0.15, 0.2) is 12.2 Å². The van der Waals surface area contributed by atoms with E-state index in [-0.39, 0.29) is 5.54 Å². The molecule has 3 nitrogen and oxygen atoms in total. The Hall–Kier alpha value is -0.380. The van der Waals surface area contributed by atoms with Crippen LogP contribution in [0.25, 0.3) is 0 Å². The van der Waals surface area contributed by atoms with E-state index < -0.39 is 0 Å². The van der Waals surface area contributed by atoms with E-state index in [0.717, 1.165) is 6.67 Å². The fraction of sp³-hybridized carbons (Fsp3) is 0.857. The average molecular weight is 239 g/mol. The minimum atomic E-state index is 0.204. The molecule has 0 aliphatic heterocycles. The lowest BCUT2D eigenvalue weighted by atomic mass is 9.78. The predicted molar refractivity (Wildman–Crippen MR) is 75.0 cm³/mol. The summed E-state index contributed by atoms with van der Waals surface area (Å²) in [6.07, 6.45) is 7.19. The second-order valence-electron chi connectivity index (χ2n) is 5.94. The second kappa shape index (κ2) is 6.53. The van der Waals surface area contributed by atoms with E-state index in [0.29, 0.717) is 17.9 Å². The van der Waals surface area contributed by atoms with Gasteiger partial charge in [0.15, 0.2) is 0 Å². The van der Waals surface area contributed by atoms with Crippen LogP contribution in [0.3, 0.4) is 0 Å². The Labute approximate surface area is 106 Å². The van der Waals surface area contributed by atoms with Crippen LogP contribution in [-0.4, -0.2) is 32.3 Å². The number of allylic oxidation sites excluding steroid dienone is 1. The monoisotopic (exact) mass is 239 g/mol. The first kappa shape index (κ1) is 14.7. The van der Waals surface area contributed by atoms with Crippen molar-refractivity contribution in [3.63, 3.8) is 0 Å². The van der Waals surface area contributed by atoms with Gasteiger partial charge in [0, 0.05) is 18.2 Å². The topological polar surface area (TPSA) is 36.1 Å². The van der Waals surface area contributed by atoms with E-state index in [1.807, 2.05) is 14.1 Å². The highest BCUT2D eigenvalue weighted by molar-refractivity contribution is 5.05. The van der Waals surface area contributed by atoms with Gasteiger partial charge < -0.3 is 16.0 Å². The molecule has 0 aromatic heterocycles. The normalized spacial score (nSPS) is 29.6. The van der Waals surface area contributed by atoms with Crippen LogP contribution >= 0.6 is 0 Å². The Morgan fingerprint density at radius 3 is 2.53 bits per heavy atom. The van der Waals surface area contributed by atoms with E-state index in [4.69, 9.17) is 0 Å². The molecular weight excluding hydrogens is 210 g/mol. The molecule has 3 N–H and O–H groups in total. The number of nitrogens with one attached hydrogen (secondary N) is 3. The highest BCUT2D eigenvalue weighted by Crippen LogP contribution is 2.28. The molecule has 0 heterocycles. The quantitative estimate of drug-likeness (QED) is 0.488. The van der Waals surface area contributed by atoms with Gasteiger partial charge in [-0.3, -0.25) is 0 Å². The predicted octanol–water partition coefficient (Wildman–Crippen LogP) is 1.72. The third-order valence-corrected chi connectivity index (χ3v) is 3.79. The van der Waals surface area contributed by atoms with Crippen molar-refractivity contribution in [1.82, 2.24) is 16.0 Å². The van der Waals surface area contributed by atoms with Gasteiger partial charge in [0.1, 0.15) is 0 Å². The van der Waals surface area contributed by atoms with Crippen molar-refractivity contribution in [2.45, 2.75) is 45.2 Å². The third-order valence-electron chi connectivity index (χ3n) is 3.79. The van der Waals surface area contributed by atoms with Crippen molar-refractivity contribution < 1.29 is 0 Å². The molecule has 0 amide bonds. The van der Waals surface area contributed by atoms with E-state index in [1.165, 1.54) is 12.8 Å². The Morgan fingerprint density at radius 1 is 1.24 bits per heavy atom. The first-order valence-corrected chi connectivity index (χ1v) is 6.73. The Kier molecular flexibility index (Phi) is 5.63. The molecule has 3 atom stereocenters. The van der Waals surface area contributed by atoms with Crippen molar-refractivity contribution in [2.24, 2.45) is 11.8 Å². The lowest BCUT2D eigenvalue weighted by molar-refractivity contribution is 0.261. The SMILES string of the molecule is CNCNC1CC(C)C=CC1CC(C)(C)NC. The summed E-state index contributed by atoms with van der Waals surface area (Å²) in [5, 5.41) is 10.2. The van der Waals surface area contributed by atoms with E-state index in [1.54, 1.807) is 0 Å². The molecule has 0 aromatic rings. The summed E-state index contributed by atoms with van der Waals surface area (Å²) in [7, 11) is 4.03. The van der Waals surface area contributed by atoms with E-state index >= 15 is 0 Å². The third kappa shape index (κ3) is 4.78. The fourth-order valence-electron chi connectivity index (χ4n) is 2.49. The van der Waals surface area contributed by atoms with Gasteiger partial charge in [-0.2, -0.15) is 0 Å². The summed E-state index contributed by atoms with van der Waals surface area (Å²) in [5.74, 6) is 1.32. The van der Waals surface area contributed by atoms with Crippen LogP contribution < -0.4 is 16.0 Å². The van der Waals surface area contributed by atoms with Gasteiger partial charge >= 0.3 is 0 Å². The van der Waals surface area contributed by atoms with Crippen LogP contribution in [0.1, 0.15) is 33.6 Å². The Morgan fingerprint density at radius 2 is 1.94 bits per heavy atom. The Bertz CT molecular complexity index is 248. The molecule has 1 aliphatic carbocycles. The Balaban J connectivity index is 2.61. The largest absolute Gasteiger partial charge is 0.315 e. The van der Waals surface area contributed by atoms with Crippen molar-refractivity contribution in [1.29, 1.82) is 0 Å². The summed E-state index contributed by atoms with van der Waals surface area (Å²) in [6, 6.07) is 0.593. The van der Waals surface area contributed by atoms with Crippen molar-refractivity contribution in [2.75, 3.05) is 20.8 Å². The first-order valence-electron chi connectivity index (χ1n) is 6.73. The lowest BCUT2D eigenvalue weighted by Gasteiger charge is -2.36. The second-order valence-corrected chi connectivity index (χ2v) is 5.94.